The summed E-state index contributed by atoms with van der Waals surface area (Å²) in [5.41, 5.74) is 1.15. The maximum Gasteiger partial charge on any atom is 0.0948 e. The van der Waals surface area contributed by atoms with Crippen LogP contribution in [-0.2, 0) is 17.8 Å². The van der Waals surface area contributed by atoms with Gasteiger partial charge < -0.3 is 15.2 Å². The van der Waals surface area contributed by atoms with Crippen LogP contribution in [-0.4, -0.2) is 40.2 Å². The van der Waals surface area contributed by atoms with Gasteiger partial charge in [-0.15, -0.1) is 0 Å². The van der Waals surface area contributed by atoms with Crippen LogP contribution in [0.15, 0.2) is 12.4 Å². The van der Waals surface area contributed by atoms with Crippen molar-refractivity contribution < 1.29 is 9.84 Å². The first-order valence-corrected chi connectivity index (χ1v) is 5.80. The van der Waals surface area contributed by atoms with Crippen LogP contribution in [0, 0.1) is 0 Å². The molecule has 1 aromatic heterocycles. The fraction of sp³-hybridized carbons (Fsp3) is 0.727. The van der Waals surface area contributed by atoms with Gasteiger partial charge in [-0.05, 0) is 6.42 Å². The molecule has 0 spiro atoms. The summed E-state index contributed by atoms with van der Waals surface area (Å²) in [4.78, 5) is 0. The molecule has 1 aromatic rings. The van der Waals surface area contributed by atoms with E-state index in [-0.39, 0.29) is 12.1 Å². The summed E-state index contributed by atoms with van der Waals surface area (Å²) in [5, 5.41) is 17.1. The SMILES string of the molecule is CCCn1cc(CNC2COCC2O)cn1. The Balaban J connectivity index is 1.80. The number of hydrogen-bond acceptors (Lipinski definition) is 4. The van der Waals surface area contributed by atoms with Crippen LogP contribution in [0.2, 0.25) is 0 Å². The number of aromatic nitrogens is 2. The minimum atomic E-state index is -0.384. The number of aryl methyl sites for hydroxylation is 1. The van der Waals surface area contributed by atoms with E-state index in [1.165, 1.54) is 0 Å². The van der Waals surface area contributed by atoms with E-state index in [2.05, 4.69) is 17.3 Å². The standard InChI is InChI=1S/C11H19N3O2/c1-2-3-14-6-9(5-13-14)4-12-10-7-16-8-11(10)15/h5-6,10-12,15H,2-4,7-8H2,1H3. The van der Waals surface area contributed by atoms with Gasteiger partial charge >= 0.3 is 0 Å². The van der Waals surface area contributed by atoms with E-state index in [0.29, 0.717) is 13.2 Å². The maximum atomic E-state index is 9.55. The molecule has 0 saturated carbocycles. The Morgan fingerprint density at radius 3 is 3.19 bits per heavy atom. The molecule has 1 aliphatic heterocycles. The molecule has 0 amide bonds. The molecule has 0 bridgehead atoms. The molecule has 0 aromatic carbocycles. The second-order valence-corrected chi connectivity index (χ2v) is 4.20. The van der Waals surface area contributed by atoms with Crippen LogP contribution in [0.1, 0.15) is 18.9 Å². The molecule has 16 heavy (non-hydrogen) atoms. The lowest BCUT2D eigenvalue weighted by molar-refractivity contribution is 0.122. The van der Waals surface area contributed by atoms with Gasteiger partial charge in [-0.1, -0.05) is 6.92 Å². The number of rotatable bonds is 5. The zero-order valence-corrected chi connectivity index (χ0v) is 9.59. The molecule has 1 saturated heterocycles. The average molecular weight is 225 g/mol. The van der Waals surface area contributed by atoms with E-state index >= 15 is 0 Å². The smallest absolute Gasteiger partial charge is 0.0948 e. The van der Waals surface area contributed by atoms with Gasteiger partial charge in [0.1, 0.15) is 0 Å². The third-order valence-electron chi connectivity index (χ3n) is 2.76. The Morgan fingerprint density at radius 1 is 1.62 bits per heavy atom. The lowest BCUT2D eigenvalue weighted by Crippen LogP contribution is -2.38. The van der Waals surface area contributed by atoms with Gasteiger partial charge in [-0.25, -0.2) is 0 Å². The lowest BCUT2D eigenvalue weighted by atomic mass is 10.2. The van der Waals surface area contributed by atoms with Crippen molar-refractivity contribution in [2.45, 2.75) is 38.6 Å². The summed E-state index contributed by atoms with van der Waals surface area (Å²) in [6.45, 7) is 4.84. The summed E-state index contributed by atoms with van der Waals surface area (Å²) >= 11 is 0. The number of nitrogens with zero attached hydrogens (tertiary/aromatic N) is 2. The Kier molecular flexibility index (Phi) is 3.93. The monoisotopic (exact) mass is 225 g/mol. The number of nitrogens with one attached hydrogen (secondary N) is 1. The molecule has 5 nitrogen and oxygen atoms in total. The summed E-state index contributed by atoms with van der Waals surface area (Å²) in [7, 11) is 0. The Bertz CT molecular complexity index is 327. The summed E-state index contributed by atoms with van der Waals surface area (Å²) in [5.74, 6) is 0. The third-order valence-corrected chi connectivity index (χ3v) is 2.76. The molecule has 1 fully saturated rings. The molecule has 2 N–H and O–H groups in total. The Hall–Kier alpha value is -0.910. The van der Waals surface area contributed by atoms with Crippen molar-refractivity contribution in [1.82, 2.24) is 15.1 Å². The first kappa shape index (κ1) is 11.6. The van der Waals surface area contributed by atoms with E-state index in [1.807, 2.05) is 17.1 Å². The van der Waals surface area contributed by atoms with Crippen LogP contribution in [0.5, 0.6) is 0 Å². The Labute approximate surface area is 95.4 Å². The normalized spacial score (nSPS) is 25.1. The van der Waals surface area contributed by atoms with E-state index in [4.69, 9.17) is 4.74 Å². The molecule has 0 aliphatic carbocycles. The van der Waals surface area contributed by atoms with Crippen LogP contribution >= 0.6 is 0 Å². The zero-order chi connectivity index (χ0) is 11.4. The summed E-state index contributed by atoms with van der Waals surface area (Å²) in [6.07, 6.45) is 4.61. The molecule has 2 atom stereocenters. The van der Waals surface area contributed by atoms with Crippen LogP contribution < -0.4 is 5.32 Å². The number of aliphatic hydroxyl groups is 1. The summed E-state index contributed by atoms with van der Waals surface area (Å²) < 4.78 is 7.11. The molecule has 2 unspecified atom stereocenters. The number of ether oxygens (including phenoxy) is 1. The molecule has 0 radical (unpaired) electrons. The fourth-order valence-electron chi connectivity index (χ4n) is 1.84. The summed E-state index contributed by atoms with van der Waals surface area (Å²) in [6, 6.07) is 0.0505. The Morgan fingerprint density at radius 2 is 2.50 bits per heavy atom. The van der Waals surface area contributed by atoms with E-state index < -0.39 is 0 Å². The first-order valence-electron chi connectivity index (χ1n) is 5.80. The molecule has 5 heteroatoms. The number of hydrogen-bond donors (Lipinski definition) is 2. The molecule has 90 valence electrons. The van der Waals surface area contributed by atoms with Gasteiger partial charge in [0.25, 0.3) is 0 Å². The van der Waals surface area contributed by atoms with Crippen LogP contribution in [0.3, 0.4) is 0 Å². The van der Waals surface area contributed by atoms with Crippen molar-refractivity contribution in [3.05, 3.63) is 18.0 Å². The predicted molar refractivity (Wildman–Crippen MR) is 60.0 cm³/mol. The highest BCUT2D eigenvalue weighted by atomic mass is 16.5. The van der Waals surface area contributed by atoms with Crippen molar-refractivity contribution in [3.63, 3.8) is 0 Å². The number of aliphatic hydroxyl groups excluding tert-OH is 1. The first-order chi connectivity index (χ1) is 7.79. The maximum absolute atomic E-state index is 9.55. The van der Waals surface area contributed by atoms with Crippen molar-refractivity contribution in [1.29, 1.82) is 0 Å². The quantitative estimate of drug-likeness (QED) is 0.748. The molecular formula is C11H19N3O2. The minimum absolute atomic E-state index is 0.0505. The fourth-order valence-corrected chi connectivity index (χ4v) is 1.84. The van der Waals surface area contributed by atoms with Gasteiger partial charge in [0, 0.05) is 24.8 Å². The highest BCUT2D eigenvalue weighted by Gasteiger charge is 2.25. The topological polar surface area (TPSA) is 59.3 Å². The lowest BCUT2D eigenvalue weighted by Gasteiger charge is -2.13. The average Bonchev–Trinajstić information content (AvgIpc) is 2.86. The minimum Gasteiger partial charge on any atom is -0.389 e. The molecular weight excluding hydrogens is 206 g/mol. The van der Waals surface area contributed by atoms with Gasteiger partial charge in [-0.3, -0.25) is 4.68 Å². The van der Waals surface area contributed by atoms with E-state index in [1.54, 1.807) is 0 Å². The predicted octanol–water partition coefficient (Wildman–Crippen LogP) is 0.142. The van der Waals surface area contributed by atoms with Crippen LogP contribution in [0.4, 0.5) is 0 Å². The largest absolute Gasteiger partial charge is 0.389 e. The molecule has 1 aliphatic rings. The van der Waals surface area contributed by atoms with Crippen molar-refractivity contribution in [2.24, 2.45) is 0 Å². The van der Waals surface area contributed by atoms with Gasteiger partial charge in [0.05, 0.1) is 31.6 Å². The highest BCUT2D eigenvalue weighted by molar-refractivity contribution is 5.04. The second-order valence-electron chi connectivity index (χ2n) is 4.20. The van der Waals surface area contributed by atoms with Crippen LogP contribution in [0.25, 0.3) is 0 Å². The van der Waals surface area contributed by atoms with E-state index in [9.17, 15) is 5.11 Å². The second kappa shape index (κ2) is 5.43. The van der Waals surface area contributed by atoms with Gasteiger partial charge in [0.2, 0.25) is 0 Å². The highest BCUT2D eigenvalue weighted by Crippen LogP contribution is 2.06. The molecule has 2 heterocycles. The van der Waals surface area contributed by atoms with Gasteiger partial charge in [-0.2, -0.15) is 5.10 Å². The van der Waals surface area contributed by atoms with Crippen molar-refractivity contribution in [2.75, 3.05) is 13.2 Å². The van der Waals surface area contributed by atoms with Gasteiger partial charge in [0.15, 0.2) is 0 Å². The van der Waals surface area contributed by atoms with E-state index in [0.717, 1.165) is 25.1 Å². The third kappa shape index (κ3) is 2.81. The molecule has 2 rings (SSSR count). The zero-order valence-electron chi connectivity index (χ0n) is 9.59. The van der Waals surface area contributed by atoms with Crippen molar-refractivity contribution >= 4 is 0 Å². The van der Waals surface area contributed by atoms with Crippen molar-refractivity contribution in [3.8, 4) is 0 Å².